The summed E-state index contributed by atoms with van der Waals surface area (Å²) in [7, 11) is 3.83. The summed E-state index contributed by atoms with van der Waals surface area (Å²) in [5.41, 5.74) is 4.98. The molecule has 1 aromatic heterocycles. The maximum Gasteiger partial charge on any atom is 0.228 e. The molecule has 0 saturated carbocycles. The van der Waals surface area contributed by atoms with Gasteiger partial charge in [-0.05, 0) is 53.2 Å². The number of piperazine rings is 1. The highest BCUT2D eigenvalue weighted by Crippen LogP contribution is 2.33. The summed E-state index contributed by atoms with van der Waals surface area (Å²) < 4.78 is 5.60. The molecule has 0 spiro atoms. The smallest absolute Gasteiger partial charge is 0.228 e. The van der Waals surface area contributed by atoms with Crippen LogP contribution in [0.1, 0.15) is 5.56 Å². The summed E-state index contributed by atoms with van der Waals surface area (Å²) in [5.74, 6) is 0.781. The summed E-state index contributed by atoms with van der Waals surface area (Å²) in [4.78, 5) is 22.0. The van der Waals surface area contributed by atoms with Gasteiger partial charge in [-0.15, -0.1) is 0 Å². The van der Waals surface area contributed by atoms with Gasteiger partial charge in [0.05, 0.1) is 19.2 Å². The largest absolute Gasteiger partial charge is 0.495 e. The van der Waals surface area contributed by atoms with Crippen molar-refractivity contribution in [2.45, 2.75) is 6.42 Å². The highest BCUT2D eigenvalue weighted by atomic mass is 16.5. The minimum Gasteiger partial charge on any atom is -0.495 e. The minimum atomic E-state index is -0.0428. The molecule has 0 bridgehead atoms. The molecule has 1 amide bonds. The highest BCUT2D eigenvalue weighted by molar-refractivity contribution is 6.01. The number of anilines is 2. The van der Waals surface area contributed by atoms with Gasteiger partial charge in [-0.2, -0.15) is 0 Å². The summed E-state index contributed by atoms with van der Waals surface area (Å²) >= 11 is 0. The Hall–Kier alpha value is -3.90. The third kappa shape index (κ3) is 4.98. The SMILES string of the molecule is COc1ccc(NC(=O)Cc2ccc(-c3cccnc3)c3ccccc23)cc1N1CCN(C)CC1. The predicted octanol–water partition coefficient (Wildman–Crippen LogP) is 4.84. The van der Waals surface area contributed by atoms with Crippen molar-refractivity contribution in [3.63, 3.8) is 0 Å². The van der Waals surface area contributed by atoms with Crippen molar-refractivity contribution in [3.05, 3.63) is 84.7 Å². The molecule has 0 unspecified atom stereocenters. The van der Waals surface area contributed by atoms with E-state index in [0.717, 1.165) is 70.8 Å². The van der Waals surface area contributed by atoms with Gasteiger partial charge in [0.15, 0.2) is 0 Å². The Morgan fingerprint density at radius 1 is 0.971 bits per heavy atom. The van der Waals surface area contributed by atoms with E-state index in [1.54, 1.807) is 13.3 Å². The molecular weight excluding hydrogens is 436 g/mol. The summed E-state index contributed by atoms with van der Waals surface area (Å²) in [6.45, 7) is 3.86. The maximum absolute atomic E-state index is 13.1. The number of benzene rings is 3. The fourth-order valence-electron chi connectivity index (χ4n) is 4.73. The normalized spacial score (nSPS) is 14.2. The predicted molar refractivity (Wildman–Crippen MR) is 142 cm³/mol. The van der Waals surface area contributed by atoms with Crippen LogP contribution in [-0.2, 0) is 11.2 Å². The number of hydrogen-bond acceptors (Lipinski definition) is 5. The number of aromatic nitrogens is 1. The molecule has 2 heterocycles. The molecule has 3 aromatic carbocycles. The molecular formula is C29H30N4O2. The number of amides is 1. The number of nitrogens with one attached hydrogen (secondary N) is 1. The molecule has 1 aliphatic heterocycles. The first kappa shape index (κ1) is 22.9. The van der Waals surface area contributed by atoms with Gasteiger partial charge >= 0.3 is 0 Å². The van der Waals surface area contributed by atoms with Gasteiger partial charge in [0, 0.05) is 49.8 Å². The first-order valence-corrected chi connectivity index (χ1v) is 11.9. The lowest BCUT2D eigenvalue weighted by atomic mass is 9.94. The first-order chi connectivity index (χ1) is 17.1. The van der Waals surface area contributed by atoms with E-state index in [-0.39, 0.29) is 5.91 Å². The standard InChI is InChI=1S/C29H30N4O2/c1-32-14-16-33(17-15-32)27-19-23(10-12-28(27)35-2)31-29(34)18-21-9-11-25(22-6-5-13-30-20-22)26-8-4-3-7-24(21)26/h3-13,19-20H,14-18H2,1-2H3,(H,31,34). The van der Waals surface area contributed by atoms with Crippen molar-refractivity contribution < 1.29 is 9.53 Å². The van der Waals surface area contributed by atoms with Crippen molar-refractivity contribution in [2.24, 2.45) is 0 Å². The second kappa shape index (κ2) is 10.2. The van der Waals surface area contributed by atoms with E-state index < -0.39 is 0 Å². The van der Waals surface area contributed by atoms with E-state index in [0.29, 0.717) is 6.42 Å². The number of carbonyl (C=O) groups excluding carboxylic acids is 1. The average molecular weight is 467 g/mol. The van der Waals surface area contributed by atoms with E-state index >= 15 is 0 Å². The third-order valence-corrected chi connectivity index (χ3v) is 6.64. The molecule has 0 atom stereocenters. The monoisotopic (exact) mass is 466 g/mol. The van der Waals surface area contributed by atoms with Gasteiger partial charge in [0.1, 0.15) is 5.75 Å². The Morgan fingerprint density at radius 2 is 1.77 bits per heavy atom. The van der Waals surface area contributed by atoms with Crippen LogP contribution in [-0.4, -0.2) is 56.1 Å². The van der Waals surface area contributed by atoms with Crippen LogP contribution in [0.15, 0.2) is 79.1 Å². The minimum absolute atomic E-state index is 0.0428. The molecule has 0 radical (unpaired) electrons. The second-order valence-electron chi connectivity index (χ2n) is 8.96. The lowest BCUT2D eigenvalue weighted by Crippen LogP contribution is -2.44. The quantitative estimate of drug-likeness (QED) is 0.441. The van der Waals surface area contributed by atoms with Crippen LogP contribution in [0.3, 0.4) is 0 Å². The van der Waals surface area contributed by atoms with Crippen molar-refractivity contribution in [1.29, 1.82) is 0 Å². The molecule has 4 aromatic rings. The number of pyridine rings is 1. The van der Waals surface area contributed by atoms with Crippen LogP contribution >= 0.6 is 0 Å². The fraction of sp³-hybridized carbons (Fsp3) is 0.241. The van der Waals surface area contributed by atoms with E-state index in [9.17, 15) is 4.79 Å². The zero-order valence-corrected chi connectivity index (χ0v) is 20.2. The van der Waals surface area contributed by atoms with Gasteiger partial charge in [-0.1, -0.05) is 42.5 Å². The van der Waals surface area contributed by atoms with E-state index in [2.05, 4.69) is 51.4 Å². The molecule has 1 saturated heterocycles. The Kier molecular flexibility index (Phi) is 6.64. The second-order valence-corrected chi connectivity index (χ2v) is 8.96. The van der Waals surface area contributed by atoms with Gasteiger partial charge in [-0.3, -0.25) is 9.78 Å². The third-order valence-electron chi connectivity index (χ3n) is 6.64. The highest BCUT2D eigenvalue weighted by Gasteiger charge is 2.19. The van der Waals surface area contributed by atoms with Gasteiger partial charge in [-0.25, -0.2) is 0 Å². The molecule has 6 heteroatoms. The lowest BCUT2D eigenvalue weighted by molar-refractivity contribution is -0.115. The van der Waals surface area contributed by atoms with Crippen LogP contribution in [0.25, 0.3) is 21.9 Å². The van der Waals surface area contributed by atoms with Crippen molar-refractivity contribution >= 4 is 28.1 Å². The molecule has 0 aliphatic carbocycles. The fourth-order valence-corrected chi connectivity index (χ4v) is 4.73. The number of carbonyl (C=O) groups is 1. The molecule has 5 rings (SSSR count). The number of methoxy groups -OCH3 is 1. The molecule has 1 N–H and O–H groups in total. The molecule has 6 nitrogen and oxygen atoms in total. The van der Waals surface area contributed by atoms with E-state index in [1.165, 1.54) is 0 Å². The summed E-state index contributed by atoms with van der Waals surface area (Å²) in [6.07, 6.45) is 3.94. The molecule has 1 aliphatic rings. The van der Waals surface area contributed by atoms with Gasteiger partial charge in [0.2, 0.25) is 5.91 Å². The van der Waals surface area contributed by atoms with Gasteiger partial charge < -0.3 is 19.9 Å². The number of nitrogens with zero attached hydrogens (tertiary/aromatic N) is 3. The Labute approximate surface area is 206 Å². The van der Waals surface area contributed by atoms with E-state index in [1.807, 2.05) is 48.7 Å². The number of likely N-dealkylation sites (N-methyl/N-ethyl adjacent to an activating group) is 1. The van der Waals surface area contributed by atoms with Crippen LogP contribution < -0.4 is 15.0 Å². The van der Waals surface area contributed by atoms with Crippen LogP contribution in [0.2, 0.25) is 0 Å². The first-order valence-electron chi connectivity index (χ1n) is 11.9. The molecule has 1 fully saturated rings. The van der Waals surface area contributed by atoms with Crippen LogP contribution in [0.5, 0.6) is 5.75 Å². The van der Waals surface area contributed by atoms with E-state index in [4.69, 9.17) is 4.74 Å². The Balaban J connectivity index is 1.37. The van der Waals surface area contributed by atoms with Crippen molar-refractivity contribution in [2.75, 3.05) is 50.6 Å². The molecule has 35 heavy (non-hydrogen) atoms. The number of fused-ring (bicyclic) bond motifs is 1. The van der Waals surface area contributed by atoms with Crippen LogP contribution in [0, 0.1) is 0 Å². The Bertz CT molecular complexity index is 1330. The zero-order valence-electron chi connectivity index (χ0n) is 20.2. The topological polar surface area (TPSA) is 57.7 Å². The lowest BCUT2D eigenvalue weighted by Gasteiger charge is -2.35. The van der Waals surface area contributed by atoms with Crippen LogP contribution in [0.4, 0.5) is 11.4 Å². The summed E-state index contributed by atoms with van der Waals surface area (Å²) in [6, 6.07) is 22.2. The number of ether oxygens (including phenoxy) is 1. The Morgan fingerprint density at radius 3 is 2.51 bits per heavy atom. The van der Waals surface area contributed by atoms with Crippen molar-refractivity contribution in [1.82, 2.24) is 9.88 Å². The van der Waals surface area contributed by atoms with Crippen molar-refractivity contribution in [3.8, 4) is 16.9 Å². The van der Waals surface area contributed by atoms with Gasteiger partial charge in [0.25, 0.3) is 0 Å². The maximum atomic E-state index is 13.1. The zero-order chi connectivity index (χ0) is 24.2. The number of rotatable bonds is 6. The average Bonchev–Trinajstić information content (AvgIpc) is 2.90. The number of hydrogen-bond donors (Lipinski definition) is 1. The molecule has 178 valence electrons. The summed E-state index contributed by atoms with van der Waals surface area (Å²) in [5, 5.41) is 5.30.